The van der Waals surface area contributed by atoms with Crippen LogP contribution in [0.25, 0.3) is 6.08 Å². The van der Waals surface area contributed by atoms with Crippen LogP contribution in [0, 0.1) is 56.7 Å². The lowest BCUT2D eigenvalue weighted by Crippen LogP contribution is -2.67. The highest BCUT2D eigenvalue weighted by Crippen LogP contribution is 2.76. The first-order valence-corrected chi connectivity index (χ1v) is 17.6. The maximum Gasteiger partial charge on any atom is 0.330 e. The molecule has 4 saturated carbocycles. The number of phenolic OH excluding ortho intramolecular Hbond substituents is 1. The molecule has 0 saturated heterocycles. The smallest absolute Gasteiger partial charge is 0.330 e. The predicted octanol–water partition coefficient (Wildman–Crippen LogP) is 7.00. The molecule has 0 radical (unpaired) electrons. The van der Waals surface area contributed by atoms with E-state index in [1.807, 2.05) is 0 Å². The summed E-state index contributed by atoms with van der Waals surface area (Å²) in [6.07, 6.45) is 11.9. The maximum atomic E-state index is 13.4. The van der Waals surface area contributed by atoms with Crippen LogP contribution in [0.2, 0.25) is 0 Å². The quantitative estimate of drug-likeness (QED) is 0.151. The van der Waals surface area contributed by atoms with Crippen LogP contribution < -0.4 is 0 Å². The molecule has 5 aliphatic carbocycles. The number of aliphatic hydroxyl groups is 2. The fourth-order valence-electron chi connectivity index (χ4n) is 12.0. The molecule has 0 unspecified atom stereocenters. The Morgan fingerprint density at radius 2 is 1.67 bits per heavy atom. The average molecular weight is 635 g/mol. The fourth-order valence-corrected chi connectivity index (χ4v) is 12.0. The Hall–Kier alpha value is -2.64. The fraction of sp³-hybridized carbons (Fsp3) is 0.692. The van der Waals surface area contributed by atoms with Gasteiger partial charge < -0.3 is 25.2 Å². The first kappa shape index (κ1) is 33.3. The average Bonchev–Trinajstić information content (AvgIpc) is 3.03. The Morgan fingerprint density at radius 3 is 2.35 bits per heavy atom. The minimum absolute atomic E-state index is 0.0479. The van der Waals surface area contributed by atoms with Crippen molar-refractivity contribution in [2.75, 3.05) is 13.2 Å². The third-order valence-corrected chi connectivity index (χ3v) is 15.0. The van der Waals surface area contributed by atoms with Gasteiger partial charge >= 0.3 is 11.9 Å². The predicted molar refractivity (Wildman–Crippen MR) is 176 cm³/mol. The molecule has 11 atom stereocenters. The lowest BCUT2D eigenvalue weighted by Gasteiger charge is -2.71. The van der Waals surface area contributed by atoms with Crippen LogP contribution in [0.4, 0.5) is 0 Å². The van der Waals surface area contributed by atoms with Crippen LogP contribution in [-0.2, 0) is 14.3 Å². The highest BCUT2D eigenvalue weighted by Gasteiger charge is 2.71. The summed E-state index contributed by atoms with van der Waals surface area (Å²) in [5, 5.41) is 42.2. The van der Waals surface area contributed by atoms with E-state index in [0.717, 1.165) is 37.7 Å². The van der Waals surface area contributed by atoms with Gasteiger partial charge in [0.05, 0.1) is 18.1 Å². The number of esters is 1. The molecule has 7 nitrogen and oxygen atoms in total. The molecule has 5 aliphatic rings. The number of phenols is 1. The number of hydrogen-bond donors (Lipinski definition) is 4. The van der Waals surface area contributed by atoms with Crippen LogP contribution >= 0.6 is 0 Å². The number of rotatable bonds is 6. The van der Waals surface area contributed by atoms with Crippen LogP contribution in [0.5, 0.6) is 5.75 Å². The molecule has 0 aromatic heterocycles. The van der Waals surface area contributed by atoms with Gasteiger partial charge in [-0.15, -0.1) is 0 Å². The monoisotopic (exact) mass is 634 g/mol. The van der Waals surface area contributed by atoms with E-state index in [9.17, 15) is 30.0 Å². The molecule has 252 valence electrons. The number of carboxylic acids is 1. The van der Waals surface area contributed by atoms with Crippen molar-refractivity contribution in [3.05, 3.63) is 47.6 Å². The van der Waals surface area contributed by atoms with Crippen LogP contribution in [0.3, 0.4) is 0 Å². The number of allylic oxidation sites excluding steroid dienone is 1. The van der Waals surface area contributed by atoms with Crippen molar-refractivity contribution in [3.8, 4) is 5.75 Å². The van der Waals surface area contributed by atoms with Gasteiger partial charge in [-0.3, -0.25) is 4.79 Å². The van der Waals surface area contributed by atoms with Crippen molar-refractivity contribution < 1.29 is 34.8 Å². The second-order valence-corrected chi connectivity index (χ2v) is 16.6. The van der Waals surface area contributed by atoms with Crippen molar-refractivity contribution in [2.24, 2.45) is 56.7 Å². The number of aliphatic carboxylic acids is 1. The number of aromatic hydroxyl groups is 1. The Labute approximate surface area is 274 Å². The van der Waals surface area contributed by atoms with Crippen molar-refractivity contribution in [3.63, 3.8) is 0 Å². The Kier molecular flexibility index (Phi) is 8.32. The Balaban J connectivity index is 1.42. The van der Waals surface area contributed by atoms with Gasteiger partial charge in [0, 0.05) is 16.9 Å². The van der Waals surface area contributed by atoms with E-state index >= 15 is 0 Å². The van der Waals surface area contributed by atoms with Gasteiger partial charge in [-0.05, 0) is 122 Å². The van der Waals surface area contributed by atoms with E-state index in [2.05, 4.69) is 40.7 Å². The van der Waals surface area contributed by atoms with E-state index in [0.29, 0.717) is 31.6 Å². The SMILES string of the molecule is C[C@H]1[C@H](C)CC[C@]2(C(=O)O)CC[C@]3(COC(=O)C=Cc4ccc(O)cc4)C(=CC[C@@H]4[C@@]5(C)CC[C@H](O)[C@@](C)(CO)[C@@H]5CC[C@]43C)[C@H]12. The van der Waals surface area contributed by atoms with Gasteiger partial charge in [0.15, 0.2) is 0 Å². The summed E-state index contributed by atoms with van der Waals surface area (Å²) in [5.41, 5.74) is -0.288. The number of carbonyl (C=O) groups is 2. The minimum atomic E-state index is -0.807. The van der Waals surface area contributed by atoms with E-state index in [4.69, 9.17) is 4.74 Å². The molecule has 1 aromatic carbocycles. The van der Waals surface area contributed by atoms with E-state index in [1.54, 1.807) is 30.3 Å². The number of ether oxygens (including phenoxy) is 1. The molecule has 0 aliphatic heterocycles. The summed E-state index contributed by atoms with van der Waals surface area (Å²) < 4.78 is 6.24. The zero-order valence-electron chi connectivity index (χ0n) is 28.3. The van der Waals surface area contributed by atoms with Gasteiger partial charge in [0.25, 0.3) is 0 Å². The number of carboxylic acid groups (broad SMARTS) is 1. The number of carbonyl (C=O) groups excluding carboxylic acids is 1. The van der Waals surface area contributed by atoms with E-state index < -0.39 is 34.3 Å². The Morgan fingerprint density at radius 1 is 0.957 bits per heavy atom. The zero-order chi connectivity index (χ0) is 33.3. The molecule has 0 spiro atoms. The van der Waals surface area contributed by atoms with Gasteiger partial charge in [0.2, 0.25) is 0 Å². The Bertz CT molecular complexity index is 1420. The summed E-state index contributed by atoms with van der Waals surface area (Å²) in [5.74, 6) is -0.0962. The molecule has 4 fully saturated rings. The normalized spacial score (nSPS) is 45.1. The third-order valence-electron chi connectivity index (χ3n) is 15.0. The molecular weight excluding hydrogens is 580 g/mol. The van der Waals surface area contributed by atoms with Crippen LogP contribution in [0.15, 0.2) is 42.0 Å². The third kappa shape index (κ3) is 4.65. The largest absolute Gasteiger partial charge is 0.508 e. The van der Waals surface area contributed by atoms with Crippen LogP contribution in [-0.4, -0.2) is 51.7 Å². The topological polar surface area (TPSA) is 124 Å². The summed E-state index contributed by atoms with van der Waals surface area (Å²) in [6, 6.07) is 6.64. The first-order chi connectivity index (χ1) is 21.7. The number of benzene rings is 1. The lowest BCUT2D eigenvalue weighted by atomic mass is 9.33. The molecule has 0 bridgehead atoms. The summed E-state index contributed by atoms with van der Waals surface area (Å²) in [6.45, 7) is 11.5. The van der Waals surface area contributed by atoms with Gasteiger partial charge in [-0.1, -0.05) is 58.4 Å². The van der Waals surface area contributed by atoms with E-state index in [1.165, 1.54) is 11.6 Å². The van der Waals surface area contributed by atoms with Gasteiger partial charge in [-0.2, -0.15) is 0 Å². The highest BCUT2D eigenvalue weighted by molar-refractivity contribution is 5.87. The van der Waals surface area contributed by atoms with Crippen molar-refractivity contribution in [1.29, 1.82) is 0 Å². The van der Waals surface area contributed by atoms with Gasteiger partial charge in [0.1, 0.15) is 12.4 Å². The minimum Gasteiger partial charge on any atom is -0.508 e. The molecule has 46 heavy (non-hydrogen) atoms. The zero-order valence-corrected chi connectivity index (χ0v) is 28.3. The molecule has 6 rings (SSSR count). The standard InChI is InChI=1S/C39H54O7/c1-24-14-19-38(34(44)45)20-21-39(23-46-32(43)13-8-26-6-9-27(41)10-7-26)28(33(38)25(24)2)11-12-30-35(3)17-16-31(42)36(4,22-40)29(35)15-18-37(30,39)5/h6-11,13,24-25,29-31,33,40-42H,12,14-23H2,1-5H3,(H,44,45)/t24-,25+,29-,30-,31+,33+,35+,36+,37-,38+,39+/m1/s1. The van der Waals surface area contributed by atoms with Crippen molar-refractivity contribution >= 4 is 18.0 Å². The summed E-state index contributed by atoms with van der Waals surface area (Å²) in [7, 11) is 0. The molecule has 0 heterocycles. The lowest BCUT2D eigenvalue weighted by molar-refractivity contribution is -0.226. The van der Waals surface area contributed by atoms with Crippen LogP contribution in [0.1, 0.15) is 98.0 Å². The number of hydrogen-bond acceptors (Lipinski definition) is 6. The second kappa shape index (κ2) is 11.5. The number of aliphatic hydroxyl groups excluding tert-OH is 2. The number of fused-ring (bicyclic) bond motifs is 7. The maximum absolute atomic E-state index is 13.4. The molecule has 1 aromatic rings. The first-order valence-electron chi connectivity index (χ1n) is 17.6. The van der Waals surface area contributed by atoms with Crippen molar-refractivity contribution in [2.45, 2.75) is 98.5 Å². The molecule has 0 amide bonds. The van der Waals surface area contributed by atoms with Crippen molar-refractivity contribution in [1.82, 2.24) is 0 Å². The molecule has 7 heteroatoms. The molecule has 4 N–H and O–H groups in total. The summed E-state index contributed by atoms with van der Waals surface area (Å²) in [4.78, 5) is 26.6. The summed E-state index contributed by atoms with van der Waals surface area (Å²) >= 11 is 0. The highest BCUT2D eigenvalue weighted by atomic mass is 16.5. The van der Waals surface area contributed by atoms with E-state index in [-0.39, 0.29) is 53.5 Å². The molecular formula is C39H54O7. The second-order valence-electron chi connectivity index (χ2n) is 16.6. The van der Waals surface area contributed by atoms with Gasteiger partial charge in [-0.25, -0.2) is 4.79 Å².